The fourth-order valence-electron chi connectivity index (χ4n) is 1.38. The monoisotopic (exact) mass is 331 g/mol. The number of carbonyl (C=O) groups is 1. The molecule has 0 bridgehead atoms. The van der Waals surface area contributed by atoms with Gasteiger partial charge in [-0.1, -0.05) is 6.07 Å². The van der Waals surface area contributed by atoms with Crippen LogP contribution in [0.5, 0.6) is 0 Å². The van der Waals surface area contributed by atoms with Gasteiger partial charge in [0, 0.05) is 10.9 Å². The van der Waals surface area contributed by atoms with Crippen molar-refractivity contribution in [1.29, 1.82) is 0 Å². The summed E-state index contributed by atoms with van der Waals surface area (Å²) in [5.41, 5.74) is -0.155. The first-order valence-electron chi connectivity index (χ1n) is 5.03. The molecule has 0 aliphatic rings. The maximum Gasteiger partial charge on any atom is 0.229 e. The molecule has 0 atom stereocenters. The van der Waals surface area contributed by atoms with Crippen molar-refractivity contribution in [3.63, 3.8) is 0 Å². The lowest BCUT2D eigenvalue weighted by Crippen LogP contribution is -2.15. The van der Waals surface area contributed by atoms with Crippen molar-refractivity contribution in [1.82, 2.24) is 0 Å². The number of nitrogens with one attached hydrogen (secondary N) is 1. The van der Waals surface area contributed by atoms with Crippen LogP contribution < -0.4 is 5.32 Å². The molecule has 0 saturated carbocycles. The number of benzene rings is 1. The van der Waals surface area contributed by atoms with E-state index in [1.165, 1.54) is 11.3 Å². The first kappa shape index (κ1) is 13.2. The minimum absolute atomic E-state index is 0.0243. The Balaban J connectivity index is 2.09. The van der Waals surface area contributed by atoms with Crippen LogP contribution in [-0.4, -0.2) is 5.91 Å². The molecule has 0 fully saturated rings. The molecule has 94 valence electrons. The number of thiophene rings is 1. The SMILES string of the molecule is O=C(Cc1cccs1)Nc1cc(F)c(Br)cc1F. The zero-order chi connectivity index (χ0) is 13.1. The smallest absolute Gasteiger partial charge is 0.229 e. The van der Waals surface area contributed by atoms with Crippen LogP contribution >= 0.6 is 27.3 Å². The summed E-state index contributed by atoms with van der Waals surface area (Å²) in [6.07, 6.45) is 0.148. The summed E-state index contributed by atoms with van der Waals surface area (Å²) < 4.78 is 26.7. The van der Waals surface area contributed by atoms with Gasteiger partial charge >= 0.3 is 0 Å². The standard InChI is InChI=1S/C12H8BrF2NOS/c13-8-5-10(15)11(6-9(8)14)16-12(17)4-7-2-1-3-18-7/h1-3,5-6H,4H2,(H,16,17). The molecule has 6 heteroatoms. The summed E-state index contributed by atoms with van der Waals surface area (Å²) in [6, 6.07) is 5.57. The van der Waals surface area contributed by atoms with Gasteiger partial charge in [-0.05, 0) is 33.4 Å². The lowest BCUT2D eigenvalue weighted by atomic mass is 10.2. The number of halogens is 3. The molecule has 0 saturated heterocycles. The molecular weight excluding hydrogens is 324 g/mol. The van der Waals surface area contributed by atoms with Crippen molar-refractivity contribution in [2.45, 2.75) is 6.42 Å². The molecule has 2 aromatic rings. The molecular formula is C12H8BrF2NOS. The van der Waals surface area contributed by atoms with E-state index in [2.05, 4.69) is 21.2 Å². The maximum absolute atomic E-state index is 13.5. The molecule has 1 N–H and O–H groups in total. The van der Waals surface area contributed by atoms with Crippen molar-refractivity contribution >= 4 is 38.9 Å². The largest absolute Gasteiger partial charge is 0.323 e. The quantitative estimate of drug-likeness (QED) is 0.847. The molecule has 18 heavy (non-hydrogen) atoms. The third-order valence-corrected chi connectivity index (χ3v) is 3.68. The second-order valence-electron chi connectivity index (χ2n) is 3.55. The van der Waals surface area contributed by atoms with Gasteiger partial charge < -0.3 is 5.32 Å². The third-order valence-electron chi connectivity index (χ3n) is 2.20. The Bertz CT molecular complexity index is 572. The van der Waals surface area contributed by atoms with Crippen molar-refractivity contribution < 1.29 is 13.6 Å². The van der Waals surface area contributed by atoms with Crippen LogP contribution in [0.25, 0.3) is 0 Å². The maximum atomic E-state index is 13.5. The molecule has 2 rings (SSSR count). The van der Waals surface area contributed by atoms with E-state index in [1.807, 2.05) is 17.5 Å². The highest BCUT2D eigenvalue weighted by Crippen LogP contribution is 2.23. The molecule has 1 aromatic heterocycles. The first-order valence-corrected chi connectivity index (χ1v) is 6.70. The molecule has 1 aromatic carbocycles. The Morgan fingerprint density at radius 3 is 2.78 bits per heavy atom. The van der Waals surface area contributed by atoms with Gasteiger partial charge in [-0.15, -0.1) is 11.3 Å². The number of carbonyl (C=O) groups excluding carboxylic acids is 1. The first-order chi connectivity index (χ1) is 8.56. The molecule has 1 amide bonds. The van der Waals surface area contributed by atoms with Crippen LogP contribution in [0.15, 0.2) is 34.1 Å². The molecule has 0 radical (unpaired) electrons. The second-order valence-corrected chi connectivity index (χ2v) is 5.44. The summed E-state index contributed by atoms with van der Waals surface area (Å²) in [6.45, 7) is 0. The normalized spacial score (nSPS) is 10.4. The second kappa shape index (κ2) is 5.58. The third kappa shape index (κ3) is 3.14. The summed E-state index contributed by atoms with van der Waals surface area (Å²) in [4.78, 5) is 12.5. The van der Waals surface area contributed by atoms with E-state index >= 15 is 0 Å². The average Bonchev–Trinajstić information content (AvgIpc) is 2.78. The highest BCUT2D eigenvalue weighted by atomic mass is 79.9. The van der Waals surface area contributed by atoms with E-state index in [-0.39, 0.29) is 22.5 Å². The number of hydrogen-bond donors (Lipinski definition) is 1. The highest BCUT2D eigenvalue weighted by molar-refractivity contribution is 9.10. The predicted molar refractivity (Wildman–Crippen MR) is 70.7 cm³/mol. The van der Waals surface area contributed by atoms with Crippen molar-refractivity contribution in [2.75, 3.05) is 5.32 Å². The van der Waals surface area contributed by atoms with Gasteiger partial charge in [0.15, 0.2) is 0 Å². The van der Waals surface area contributed by atoms with Gasteiger partial charge in [0.1, 0.15) is 11.6 Å². The Labute approximate surface area is 115 Å². The van der Waals surface area contributed by atoms with Crippen LogP contribution in [0.4, 0.5) is 14.5 Å². The van der Waals surface area contributed by atoms with Gasteiger partial charge in [0.25, 0.3) is 0 Å². The molecule has 0 spiro atoms. The number of rotatable bonds is 3. The summed E-state index contributed by atoms with van der Waals surface area (Å²) in [5.74, 6) is -1.68. The average molecular weight is 332 g/mol. The Kier molecular flexibility index (Phi) is 4.08. The number of hydrogen-bond acceptors (Lipinski definition) is 2. The molecule has 0 unspecified atom stereocenters. The van der Waals surface area contributed by atoms with Crippen LogP contribution in [0.1, 0.15) is 4.88 Å². The predicted octanol–water partition coefficient (Wildman–Crippen LogP) is 3.97. The molecule has 2 nitrogen and oxygen atoms in total. The zero-order valence-corrected chi connectivity index (χ0v) is 11.4. The Morgan fingerprint density at radius 1 is 1.33 bits per heavy atom. The summed E-state index contributed by atoms with van der Waals surface area (Å²) in [5, 5.41) is 4.20. The van der Waals surface area contributed by atoms with Crippen LogP contribution in [0.2, 0.25) is 0 Å². The Morgan fingerprint density at radius 2 is 2.11 bits per heavy atom. The summed E-state index contributed by atoms with van der Waals surface area (Å²) in [7, 11) is 0. The molecule has 0 aliphatic heterocycles. The van der Waals surface area contributed by atoms with Gasteiger partial charge in [-0.25, -0.2) is 8.78 Å². The zero-order valence-electron chi connectivity index (χ0n) is 9.04. The lowest BCUT2D eigenvalue weighted by molar-refractivity contribution is -0.115. The topological polar surface area (TPSA) is 29.1 Å². The van der Waals surface area contributed by atoms with Gasteiger partial charge in [0.2, 0.25) is 5.91 Å². The number of anilines is 1. The Hall–Kier alpha value is -1.27. The molecule has 1 heterocycles. The van der Waals surface area contributed by atoms with Gasteiger partial charge in [-0.3, -0.25) is 4.79 Å². The van der Waals surface area contributed by atoms with Gasteiger partial charge in [0.05, 0.1) is 16.6 Å². The fraction of sp³-hybridized carbons (Fsp3) is 0.0833. The lowest BCUT2D eigenvalue weighted by Gasteiger charge is -2.06. The van der Waals surface area contributed by atoms with Gasteiger partial charge in [-0.2, -0.15) is 0 Å². The van der Waals surface area contributed by atoms with Crippen molar-refractivity contribution in [2.24, 2.45) is 0 Å². The minimum atomic E-state index is -0.678. The van der Waals surface area contributed by atoms with Crippen LogP contribution in [0.3, 0.4) is 0 Å². The molecule has 0 aliphatic carbocycles. The van der Waals surface area contributed by atoms with E-state index in [1.54, 1.807) is 0 Å². The fourth-order valence-corrected chi connectivity index (χ4v) is 2.40. The van der Waals surface area contributed by atoms with Crippen LogP contribution in [0, 0.1) is 11.6 Å². The van der Waals surface area contributed by atoms with E-state index in [9.17, 15) is 13.6 Å². The van der Waals surface area contributed by atoms with E-state index in [4.69, 9.17) is 0 Å². The summed E-state index contributed by atoms with van der Waals surface area (Å²) >= 11 is 4.30. The van der Waals surface area contributed by atoms with Crippen LogP contribution in [-0.2, 0) is 11.2 Å². The van der Waals surface area contributed by atoms with Crippen molar-refractivity contribution in [3.05, 3.63) is 50.6 Å². The van der Waals surface area contributed by atoms with Crippen molar-refractivity contribution in [3.8, 4) is 0 Å². The minimum Gasteiger partial charge on any atom is -0.323 e. The van der Waals surface area contributed by atoms with E-state index < -0.39 is 11.6 Å². The van der Waals surface area contributed by atoms with E-state index in [0.717, 1.165) is 17.0 Å². The van der Waals surface area contributed by atoms with E-state index in [0.29, 0.717) is 0 Å². The highest BCUT2D eigenvalue weighted by Gasteiger charge is 2.11. The number of amides is 1.